The molecule has 0 fully saturated rings. The Bertz CT molecular complexity index is 463. The Balaban J connectivity index is 2.66. The zero-order chi connectivity index (χ0) is 14.6. The summed E-state index contributed by atoms with van der Waals surface area (Å²) >= 11 is 3.31. The van der Waals surface area contributed by atoms with E-state index in [1.807, 2.05) is 13.8 Å². The van der Waals surface area contributed by atoms with Gasteiger partial charge in [0.05, 0.1) is 5.41 Å². The molecular weight excluding hydrogens is 311 g/mol. The van der Waals surface area contributed by atoms with Crippen molar-refractivity contribution in [2.75, 3.05) is 20.1 Å². The Morgan fingerprint density at radius 3 is 2.68 bits per heavy atom. The monoisotopic (exact) mass is 330 g/mol. The molecule has 0 atom stereocenters. The summed E-state index contributed by atoms with van der Waals surface area (Å²) in [5.74, 6) is -0.271. The minimum Gasteiger partial charge on any atom is -0.345 e. The standard InChI is InChI=1S/C14H20BrFN2O/c1-14(2,9-17)13(19)18(3)7-6-10-8-11(15)4-5-12(10)16/h4-5,8H,6-7,9,17H2,1-3H3. The number of carbonyl (C=O) groups excluding carboxylic acids is 1. The van der Waals surface area contributed by atoms with Crippen LogP contribution in [0.25, 0.3) is 0 Å². The molecule has 0 spiro atoms. The van der Waals surface area contributed by atoms with Crippen LogP contribution in [0.5, 0.6) is 0 Å². The van der Waals surface area contributed by atoms with E-state index in [1.54, 1.807) is 24.1 Å². The first-order valence-electron chi connectivity index (χ1n) is 6.17. The van der Waals surface area contributed by atoms with Gasteiger partial charge in [0.25, 0.3) is 0 Å². The summed E-state index contributed by atoms with van der Waals surface area (Å²) in [7, 11) is 1.72. The second kappa shape index (κ2) is 6.48. The van der Waals surface area contributed by atoms with Crippen LogP contribution < -0.4 is 5.73 Å². The molecule has 3 nitrogen and oxygen atoms in total. The topological polar surface area (TPSA) is 46.3 Å². The molecule has 19 heavy (non-hydrogen) atoms. The molecule has 0 saturated carbocycles. The second-order valence-electron chi connectivity index (χ2n) is 5.30. The van der Waals surface area contributed by atoms with Crippen molar-refractivity contribution in [2.24, 2.45) is 11.1 Å². The Morgan fingerprint density at radius 1 is 1.47 bits per heavy atom. The third-order valence-electron chi connectivity index (χ3n) is 3.16. The lowest BCUT2D eigenvalue weighted by atomic mass is 9.92. The Morgan fingerprint density at radius 2 is 2.11 bits per heavy atom. The van der Waals surface area contributed by atoms with Crippen molar-refractivity contribution in [3.63, 3.8) is 0 Å². The third-order valence-corrected chi connectivity index (χ3v) is 3.65. The number of hydrogen-bond acceptors (Lipinski definition) is 2. The highest BCUT2D eigenvalue weighted by atomic mass is 79.9. The van der Waals surface area contributed by atoms with E-state index in [4.69, 9.17) is 5.73 Å². The van der Waals surface area contributed by atoms with E-state index in [0.717, 1.165) is 4.47 Å². The van der Waals surface area contributed by atoms with Gasteiger partial charge in [0.2, 0.25) is 5.91 Å². The summed E-state index contributed by atoms with van der Waals surface area (Å²) in [4.78, 5) is 13.7. The number of amides is 1. The number of likely N-dealkylation sites (N-methyl/N-ethyl adjacent to an activating group) is 1. The summed E-state index contributed by atoms with van der Waals surface area (Å²) in [5, 5.41) is 0. The van der Waals surface area contributed by atoms with Gasteiger partial charge in [-0.05, 0) is 44.0 Å². The van der Waals surface area contributed by atoms with Crippen LogP contribution in [0.1, 0.15) is 19.4 Å². The summed E-state index contributed by atoms with van der Waals surface area (Å²) in [6.07, 6.45) is 0.480. The quantitative estimate of drug-likeness (QED) is 0.901. The van der Waals surface area contributed by atoms with Crippen LogP contribution in [0, 0.1) is 11.2 Å². The van der Waals surface area contributed by atoms with Gasteiger partial charge < -0.3 is 10.6 Å². The maximum Gasteiger partial charge on any atom is 0.229 e. The van der Waals surface area contributed by atoms with E-state index < -0.39 is 5.41 Å². The number of hydrogen-bond donors (Lipinski definition) is 1. The largest absolute Gasteiger partial charge is 0.345 e. The molecule has 0 aromatic heterocycles. The van der Waals surface area contributed by atoms with Gasteiger partial charge in [-0.25, -0.2) is 4.39 Å². The summed E-state index contributed by atoms with van der Waals surface area (Å²) in [5.41, 5.74) is 5.60. The minimum absolute atomic E-state index is 0.0228. The molecule has 5 heteroatoms. The van der Waals surface area contributed by atoms with Gasteiger partial charge in [0.1, 0.15) is 5.82 Å². The van der Waals surface area contributed by atoms with E-state index in [9.17, 15) is 9.18 Å². The van der Waals surface area contributed by atoms with Gasteiger partial charge in [-0.3, -0.25) is 4.79 Å². The van der Waals surface area contributed by atoms with E-state index in [-0.39, 0.29) is 11.7 Å². The van der Waals surface area contributed by atoms with Crippen molar-refractivity contribution in [3.8, 4) is 0 Å². The van der Waals surface area contributed by atoms with Crippen LogP contribution >= 0.6 is 15.9 Å². The lowest BCUT2D eigenvalue weighted by Gasteiger charge is -2.28. The lowest BCUT2D eigenvalue weighted by Crippen LogP contribution is -2.43. The Hall–Kier alpha value is -0.940. The average molecular weight is 331 g/mol. The van der Waals surface area contributed by atoms with E-state index in [2.05, 4.69) is 15.9 Å². The number of nitrogens with two attached hydrogens (primary N) is 1. The fourth-order valence-electron chi connectivity index (χ4n) is 1.73. The van der Waals surface area contributed by atoms with Crippen molar-refractivity contribution >= 4 is 21.8 Å². The predicted octanol–water partition coefficient (Wildman–Crippen LogP) is 2.57. The molecule has 1 aromatic carbocycles. The van der Waals surface area contributed by atoms with Crippen molar-refractivity contribution in [1.82, 2.24) is 4.90 Å². The van der Waals surface area contributed by atoms with Crippen molar-refractivity contribution in [2.45, 2.75) is 20.3 Å². The molecule has 0 aliphatic rings. The van der Waals surface area contributed by atoms with E-state index >= 15 is 0 Å². The molecule has 0 aliphatic heterocycles. The fraction of sp³-hybridized carbons (Fsp3) is 0.500. The van der Waals surface area contributed by atoms with E-state index in [1.165, 1.54) is 6.07 Å². The van der Waals surface area contributed by atoms with Crippen molar-refractivity contribution in [3.05, 3.63) is 34.1 Å². The highest BCUT2D eigenvalue weighted by Crippen LogP contribution is 2.18. The van der Waals surface area contributed by atoms with Crippen LogP contribution in [0.2, 0.25) is 0 Å². The van der Waals surface area contributed by atoms with Crippen molar-refractivity contribution < 1.29 is 9.18 Å². The number of rotatable bonds is 5. The van der Waals surface area contributed by atoms with Gasteiger partial charge in [0.15, 0.2) is 0 Å². The molecule has 2 N–H and O–H groups in total. The zero-order valence-corrected chi connectivity index (χ0v) is 13.1. The Labute approximate surface area is 122 Å². The molecular formula is C14H20BrFN2O. The normalized spacial score (nSPS) is 11.5. The average Bonchev–Trinajstić information content (AvgIpc) is 2.38. The zero-order valence-electron chi connectivity index (χ0n) is 11.5. The molecule has 1 amide bonds. The van der Waals surface area contributed by atoms with Gasteiger partial charge in [0, 0.05) is 24.6 Å². The first-order chi connectivity index (χ1) is 8.77. The first kappa shape index (κ1) is 16.1. The molecule has 0 unspecified atom stereocenters. The highest BCUT2D eigenvalue weighted by molar-refractivity contribution is 9.10. The van der Waals surface area contributed by atoms with Crippen LogP contribution in [-0.4, -0.2) is 30.9 Å². The molecule has 0 saturated heterocycles. The highest BCUT2D eigenvalue weighted by Gasteiger charge is 2.28. The molecule has 0 aliphatic carbocycles. The molecule has 0 bridgehead atoms. The summed E-state index contributed by atoms with van der Waals surface area (Å²) in [6, 6.07) is 4.82. The smallest absolute Gasteiger partial charge is 0.229 e. The van der Waals surface area contributed by atoms with Gasteiger partial charge in [-0.2, -0.15) is 0 Å². The predicted molar refractivity (Wildman–Crippen MR) is 78.3 cm³/mol. The SMILES string of the molecule is CN(CCc1cc(Br)ccc1F)C(=O)C(C)(C)CN. The number of halogens is 2. The number of carbonyl (C=O) groups is 1. The number of benzene rings is 1. The van der Waals surface area contributed by atoms with Crippen LogP contribution in [0.4, 0.5) is 4.39 Å². The first-order valence-corrected chi connectivity index (χ1v) is 6.97. The molecule has 1 rings (SSSR count). The maximum absolute atomic E-state index is 13.6. The molecule has 1 aromatic rings. The minimum atomic E-state index is -0.579. The second-order valence-corrected chi connectivity index (χ2v) is 6.22. The molecule has 106 valence electrons. The molecule has 0 radical (unpaired) electrons. The maximum atomic E-state index is 13.6. The van der Waals surface area contributed by atoms with Gasteiger partial charge in [-0.1, -0.05) is 15.9 Å². The third kappa shape index (κ3) is 4.28. The van der Waals surface area contributed by atoms with Crippen LogP contribution in [0.15, 0.2) is 22.7 Å². The van der Waals surface area contributed by atoms with Gasteiger partial charge >= 0.3 is 0 Å². The van der Waals surface area contributed by atoms with E-state index in [0.29, 0.717) is 25.1 Å². The van der Waals surface area contributed by atoms with Crippen LogP contribution in [-0.2, 0) is 11.2 Å². The Kier molecular flexibility index (Phi) is 5.50. The van der Waals surface area contributed by atoms with Gasteiger partial charge in [-0.15, -0.1) is 0 Å². The number of nitrogens with zero attached hydrogens (tertiary/aromatic N) is 1. The van der Waals surface area contributed by atoms with Crippen LogP contribution in [0.3, 0.4) is 0 Å². The lowest BCUT2D eigenvalue weighted by molar-refractivity contribution is -0.138. The van der Waals surface area contributed by atoms with Crippen molar-refractivity contribution in [1.29, 1.82) is 0 Å². The summed E-state index contributed by atoms with van der Waals surface area (Å²) < 4.78 is 14.4. The molecule has 0 heterocycles. The fourth-order valence-corrected chi connectivity index (χ4v) is 2.14. The summed E-state index contributed by atoms with van der Waals surface area (Å²) in [6.45, 7) is 4.38.